The summed E-state index contributed by atoms with van der Waals surface area (Å²) < 4.78 is 5.30. The van der Waals surface area contributed by atoms with Crippen molar-refractivity contribution in [2.24, 2.45) is 0 Å². The minimum Gasteiger partial charge on any atom is -0.380 e. The molecule has 0 saturated carbocycles. The van der Waals surface area contributed by atoms with Crippen LogP contribution in [0.25, 0.3) is 0 Å². The fraction of sp³-hybridized carbons (Fsp3) is 0.538. The maximum absolute atomic E-state index is 5.98. The van der Waals surface area contributed by atoms with Gasteiger partial charge in [0.15, 0.2) is 0 Å². The molecular weight excluding hydrogens is 222 g/mol. The molecule has 1 atom stereocenters. The predicted octanol–water partition coefficient (Wildman–Crippen LogP) is 3.42. The lowest BCUT2D eigenvalue weighted by molar-refractivity contribution is 0.146. The van der Waals surface area contributed by atoms with Gasteiger partial charge in [0.1, 0.15) is 0 Å². The molecule has 1 aromatic carbocycles. The smallest absolute Gasteiger partial charge is 0.0590 e. The van der Waals surface area contributed by atoms with Gasteiger partial charge in [0.2, 0.25) is 0 Å². The second-order valence-electron chi connectivity index (χ2n) is 3.67. The molecule has 0 spiro atoms. The molecule has 16 heavy (non-hydrogen) atoms. The third-order valence-electron chi connectivity index (χ3n) is 2.50. The molecule has 0 aliphatic rings. The van der Waals surface area contributed by atoms with Crippen molar-refractivity contribution in [2.75, 3.05) is 19.8 Å². The van der Waals surface area contributed by atoms with E-state index in [0.29, 0.717) is 6.04 Å². The molecule has 0 aliphatic carbocycles. The van der Waals surface area contributed by atoms with E-state index < -0.39 is 0 Å². The average Bonchev–Trinajstić information content (AvgIpc) is 2.29. The average molecular weight is 242 g/mol. The summed E-state index contributed by atoms with van der Waals surface area (Å²) in [5, 5.41) is 4.26. The molecule has 0 saturated heterocycles. The highest BCUT2D eigenvalue weighted by atomic mass is 35.5. The fourth-order valence-electron chi connectivity index (χ4n) is 1.67. The van der Waals surface area contributed by atoms with Gasteiger partial charge in [-0.05, 0) is 31.0 Å². The summed E-state index contributed by atoms with van der Waals surface area (Å²) in [4.78, 5) is 0. The summed E-state index contributed by atoms with van der Waals surface area (Å²) in [6, 6.07) is 8.37. The molecule has 0 amide bonds. The number of halogens is 1. The number of benzene rings is 1. The Morgan fingerprint density at radius 1 is 1.38 bits per heavy atom. The Morgan fingerprint density at radius 2 is 2.19 bits per heavy atom. The fourth-order valence-corrected chi connectivity index (χ4v) is 1.87. The molecule has 0 fully saturated rings. The van der Waals surface area contributed by atoms with Gasteiger partial charge in [-0.15, -0.1) is 0 Å². The van der Waals surface area contributed by atoms with Gasteiger partial charge in [-0.25, -0.2) is 0 Å². The van der Waals surface area contributed by atoms with Gasteiger partial charge >= 0.3 is 0 Å². The maximum Gasteiger partial charge on any atom is 0.0590 e. The van der Waals surface area contributed by atoms with Crippen LogP contribution in [0.5, 0.6) is 0 Å². The van der Waals surface area contributed by atoms with Crippen LogP contribution in [-0.4, -0.2) is 19.8 Å². The van der Waals surface area contributed by atoms with Crippen molar-refractivity contribution in [1.82, 2.24) is 5.32 Å². The maximum atomic E-state index is 5.98. The van der Waals surface area contributed by atoms with Crippen molar-refractivity contribution in [2.45, 2.75) is 26.3 Å². The molecule has 0 bridgehead atoms. The number of ether oxygens (including phenoxy) is 1. The Morgan fingerprint density at radius 3 is 2.81 bits per heavy atom. The van der Waals surface area contributed by atoms with Crippen LogP contribution in [0.1, 0.15) is 31.9 Å². The lowest BCUT2D eigenvalue weighted by Gasteiger charge is -2.17. The van der Waals surface area contributed by atoms with Crippen molar-refractivity contribution < 1.29 is 4.74 Å². The van der Waals surface area contributed by atoms with Crippen LogP contribution in [0, 0.1) is 0 Å². The van der Waals surface area contributed by atoms with Gasteiger partial charge in [-0.1, -0.05) is 30.7 Å². The highest BCUT2D eigenvalue weighted by Crippen LogP contribution is 2.19. The van der Waals surface area contributed by atoms with Crippen molar-refractivity contribution in [3.8, 4) is 0 Å². The Bertz CT molecular complexity index is 304. The second-order valence-corrected chi connectivity index (χ2v) is 4.10. The van der Waals surface area contributed by atoms with Crippen molar-refractivity contribution in [1.29, 1.82) is 0 Å². The first kappa shape index (κ1) is 13.5. The zero-order valence-corrected chi connectivity index (χ0v) is 10.8. The molecule has 90 valence electrons. The summed E-state index contributed by atoms with van der Waals surface area (Å²) in [6.45, 7) is 6.58. The van der Waals surface area contributed by atoms with E-state index in [0.717, 1.165) is 31.2 Å². The highest BCUT2D eigenvalue weighted by molar-refractivity contribution is 6.30. The lowest BCUT2D eigenvalue weighted by atomic mass is 10.0. The van der Waals surface area contributed by atoms with Crippen LogP contribution >= 0.6 is 11.6 Å². The van der Waals surface area contributed by atoms with Crippen LogP contribution in [0.4, 0.5) is 0 Å². The number of rotatable bonds is 7. The number of nitrogens with one attached hydrogen (secondary N) is 1. The van der Waals surface area contributed by atoms with Crippen LogP contribution in [0.3, 0.4) is 0 Å². The minimum atomic E-state index is 0.360. The first-order valence-corrected chi connectivity index (χ1v) is 6.22. The normalized spacial score (nSPS) is 12.7. The molecule has 0 heterocycles. The Hall–Kier alpha value is -0.570. The highest BCUT2D eigenvalue weighted by Gasteiger charge is 2.08. The molecule has 2 nitrogen and oxygen atoms in total. The topological polar surface area (TPSA) is 21.3 Å². The van der Waals surface area contributed by atoms with Crippen LogP contribution < -0.4 is 5.32 Å². The largest absolute Gasteiger partial charge is 0.380 e. The van der Waals surface area contributed by atoms with E-state index in [2.05, 4.69) is 18.3 Å². The van der Waals surface area contributed by atoms with Gasteiger partial charge in [0.25, 0.3) is 0 Å². The van der Waals surface area contributed by atoms with Crippen molar-refractivity contribution >= 4 is 11.6 Å². The minimum absolute atomic E-state index is 0.360. The molecule has 1 rings (SSSR count). The van der Waals surface area contributed by atoms with Gasteiger partial charge in [0, 0.05) is 24.2 Å². The summed E-state index contributed by atoms with van der Waals surface area (Å²) in [5.74, 6) is 0. The summed E-state index contributed by atoms with van der Waals surface area (Å²) in [6.07, 6.45) is 1.05. The predicted molar refractivity (Wildman–Crippen MR) is 69.0 cm³/mol. The van der Waals surface area contributed by atoms with Crippen LogP contribution in [0.15, 0.2) is 24.3 Å². The molecule has 3 heteroatoms. The molecular formula is C13H20ClNO. The molecule has 1 N–H and O–H groups in total. The zero-order chi connectivity index (χ0) is 11.8. The standard InChI is InChI=1S/C13H20ClNO/c1-3-13(15-8-9-16-4-2)11-6-5-7-12(14)10-11/h5-7,10,13,15H,3-4,8-9H2,1-2H3. The van der Waals surface area contributed by atoms with E-state index in [1.54, 1.807) is 0 Å². The lowest BCUT2D eigenvalue weighted by Crippen LogP contribution is -2.24. The van der Waals surface area contributed by atoms with E-state index >= 15 is 0 Å². The Kier molecular flexibility index (Phi) is 6.46. The van der Waals surface area contributed by atoms with Crippen molar-refractivity contribution in [3.63, 3.8) is 0 Å². The first-order valence-electron chi connectivity index (χ1n) is 5.84. The molecule has 1 unspecified atom stereocenters. The SMILES string of the molecule is CCOCCNC(CC)c1cccc(Cl)c1. The van der Waals surface area contributed by atoms with Crippen LogP contribution in [-0.2, 0) is 4.74 Å². The zero-order valence-electron chi connectivity index (χ0n) is 10.0. The summed E-state index contributed by atoms with van der Waals surface area (Å²) >= 11 is 5.98. The van der Waals surface area contributed by atoms with E-state index in [4.69, 9.17) is 16.3 Å². The van der Waals surface area contributed by atoms with E-state index in [-0.39, 0.29) is 0 Å². The van der Waals surface area contributed by atoms with E-state index in [1.807, 2.05) is 25.1 Å². The van der Waals surface area contributed by atoms with Crippen LogP contribution in [0.2, 0.25) is 5.02 Å². The number of hydrogen-bond donors (Lipinski definition) is 1. The quantitative estimate of drug-likeness (QED) is 0.739. The summed E-state index contributed by atoms with van der Waals surface area (Å²) in [7, 11) is 0. The Balaban J connectivity index is 2.47. The van der Waals surface area contributed by atoms with E-state index in [1.165, 1.54) is 5.56 Å². The number of hydrogen-bond acceptors (Lipinski definition) is 2. The van der Waals surface area contributed by atoms with Gasteiger partial charge in [-0.3, -0.25) is 0 Å². The van der Waals surface area contributed by atoms with Gasteiger partial charge < -0.3 is 10.1 Å². The second kappa shape index (κ2) is 7.66. The first-order chi connectivity index (χ1) is 7.77. The molecule has 0 aromatic heterocycles. The third-order valence-corrected chi connectivity index (χ3v) is 2.74. The van der Waals surface area contributed by atoms with Crippen molar-refractivity contribution in [3.05, 3.63) is 34.9 Å². The monoisotopic (exact) mass is 241 g/mol. The molecule has 1 aromatic rings. The molecule has 0 radical (unpaired) electrons. The Labute approximate surface area is 103 Å². The van der Waals surface area contributed by atoms with Gasteiger partial charge in [-0.2, -0.15) is 0 Å². The van der Waals surface area contributed by atoms with E-state index in [9.17, 15) is 0 Å². The molecule has 0 aliphatic heterocycles. The third kappa shape index (κ3) is 4.52. The van der Waals surface area contributed by atoms with Gasteiger partial charge in [0.05, 0.1) is 6.61 Å². The summed E-state index contributed by atoms with van der Waals surface area (Å²) in [5.41, 5.74) is 1.24.